The van der Waals surface area contributed by atoms with Gasteiger partial charge >= 0.3 is 0 Å². The van der Waals surface area contributed by atoms with E-state index in [0.717, 1.165) is 12.8 Å². The summed E-state index contributed by atoms with van der Waals surface area (Å²) in [6.45, 7) is 0. The van der Waals surface area contributed by atoms with E-state index in [4.69, 9.17) is 5.73 Å². The molecular weight excluding hydrogens is 214 g/mol. The molecule has 0 unspecified atom stereocenters. The van der Waals surface area contributed by atoms with Gasteiger partial charge < -0.3 is 5.73 Å². The Hall–Kier alpha value is -0.420. The first-order valence-corrected chi connectivity index (χ1v) is 7.30. The van der Waals surface area contributed by atoms with E-state index in [1.807, 2.05) is 0 Å². The Morgan fingerprint density at radius 3 is 2.07 bits per heavy atom. The van der Waals surface area contributed by atoms with Gasteiger partial charge in [0.15, 0.2) is 0 Å². The Morgan fingerprint density at radius 2 is 1.60 bits per heavy atom. The quantitative estimate of drug-likeness (QED) is 0.732. The summed E-state index contributed by atoms with van der Waals surface area (Å²) >= 11 is 0. The second kappa shape index (κ2) is 3.87. The van der Waals surface area contributed by atoms with Gasteiger partial charge in [-0.05, 0) is 25.7 Å². The van der Waals surface area contributed by atoms with Gasteiger partial charge in [-0.25, -0.2) is 8.42 Å². The van der Waals surface area contributed by atoms with Crippen molar-refractivity contribution < 1.29 is 13.2 Å². The monoisotopic (exact) mass is 231 g/mol. The first kappa shape index (κ1) is 11.1. The topological polar surface area (TPSA) is 77.2 Å². The molecule has 0 atom stereocenters. The second-order valence-electron chi connectivity index (χ2n) is 4.76. The van der Waals surface area contributed by atoms with E-state index in [9.17, 15) is 13.2 Å². The Kier molecular flexibility index (Phi) is 2.85. The predicted molar refractivity (Wildman–Crippen MR) is 57.1 cm³/mol. The van der Waals surface area contributed by atoms with Crippen molar-refractivity contribution in [2.75, 3.05) is 11.5 Å². The minimum atomic E-state index is -2.85. The maximum Gasteiger partial charge on any atom is 0.150 e. The fraction of sp³-hybridized carbons (Fsp3) is 0.900. The molecule has 0 amide bonds. The highest BCUT2D eigenvalue weighted by Gasteiger charge is 2.37. The predicted octanol–water partition coefficient (Wildman–Crippen LogP) is 0.118. The van der Waals surface area contributed by atoms with Gasteiger partial charge in [0.1, 0.15) is 15.6 Å². The molecule has 86 valence electrons. The highest BCUT2D eigenvalue weighted by molar-refractivity contribution is 7.91. The molecule has 0 bridgehead atoms. The number of carbonyl (C=O) groups excluding carboxylic acids is 1. The first-order chi connectivity index (χ1) is 6.98. The van der Waals surface area contributed by atoms with Gasteiger partial charge in [-0.2, -0.15) is 0 Å². The fourth-order valence-corrected chi connectivity index (χ4v) is 3.89. The summed E-state index contributed by atoms with van der Waals surface area (Å²) in [6, 6.07) is 0.186. The molecule has 2 fully saturated rings. The van der Waals surface area contributed by atoms with E-state index in [1.165, 1.54) is 0 Å². The van der Waals surface area contributed by atoms with Crippen molar-refractivity contribution >= 4 is 15.6 Å². The summed E-state index contributed by atoms with van der Waals surface area (Å²) in [5, 5.41) is 0. The lowest BCUT2D eigenvalue weighted by atomic mass is 9.73. The van der Waals surface area contributed by atoms with Gasteiger partial charge in [0.05, 0.1) is 11.5 Å². The minimum Gasteiger partial charge on any atom is -0.328 e. The third kappa shape index (κ3) is 2.39. The first-order valence-electron chi connectivity index (χ1n) is 5.47. The van der Waals surface area contributed by atoms with E-state index in [0.29, 0.717) is 12.8 Å². The summed E-state index contributed by atoms with van der Waals surface area (Å²) in [6.07, 6.45) is 2.63. The summed E-state index contributed by atoms with van der Waals surface area (Å²) in [5.74, 6) is 0.716. The molecule has 2 aliphatic rings. The molecule has 1 aliphatic carbocycles. The zero-order chi connectivity index (χ0) is 11.1. The smallest absolute Gasteiger partial charge is 0.150 e. The molecule has 0 aromatic heterocycles. The number of nitrogens with two attached hydrogens (primary N) is 1. The van der Waals surface area contributed by atoms with Crippen molar-refractivity contribution in [2.24, 2.45) is 17.6 Å². The molecule has 1 aliphatic heterocycles. The largest absolute Gasteiger partial charge is 0.328 e. The third-order valence-electron chi connectivity index (χ3n) is 3.53. The lowest BCUT2D eigenvalue weighted by Crippen LogP contribution is -2.43. The number of ketones is 1. The van der Waals surface area contributed by atoms with Crippen LogP contribution in [0.1, 0.15) is 25.7 Å². The number of sulfone groups is 1. The van der Waals surface area contributed by atoms with E-state index in [2.05, 4.69) is 0 Å². The molecule has 4 nitrogen and oxygen atoms in total. The van der Waals surface area contributed by atoms with Crippen LogP contribution in [-0.4, -0.2) is 31.7 Å². The van der Waals surface area contributed by atoms with Gasteiger partial charge in [0, 0.05) is 17.9 Å². The maximum absolute atomic E-state index is 11.9. The van der Waals surface area contributed by atoms with Crippen molar-refractivity contribution in [3.8, 4) is 0 Å². The number of carbonyl (C=O) groups is 1. The molecule has 1 saturated heterocycles. The van der Waals surface area contributed by atoms with E-state index in [1.54, 1.807) is 0 Å². The molecule has 15 heavy (non-hydrogen) atoms. The standard InChI is InChI=1S/C10H17NO3S/c11-9-5-8(6-9)10(12)7-1-3-15(13,14)4-2-7/h7-9H,1-6,11H2. The zero-order valence-corrected chi connectivity index (χ0v) is 9.50. The molecule has 0 aromatic carbocycles. The normalized spacial score (nSPS) is 35.8. The van der Waals surface area contributed by atoms with Crippen LogP contribution in [0.5, 0.6) is 0 Å². The average Bonchev–Trinajstić information content (AvgIpc) is 2.12. The van der Waals surface area contributed by atoms with Crippen molar-refractivity contribution in [1.29, 1.82) is 0 Å². The van der Waals surface area contributed by atoms with E-state index >= 15 is 0 Å². The Bertz CT molecular complexity index is 343. The van der Waals surface area contributed by atoms with E-state index < -0.39 is 9.84 Å². The summed E-state index contributed by atoms with van der Waals surface area (Å²) in [7, 11) is -2.85. The number of Topliss-reactive ketones (excluding diaryl/α,β-unsaturated/α-hetero) is 1. The maximum atomic E-state index is 11.9. The van der Waals surface area contributed by atoms with Gasteiger partial charge in [0.25, 0.3) is 0 Å². The van der Waals surface area contributed by atoms with Crippen LogP contribution in [0.3, 0.4) is 0 Å². The number of rotatable bonds is 2. The van der Waals surface area contributed by atoms with Crippen molar-refractivity contribution in [3.63, 3.8) is 0 Å². The molecular formula is C10H17NO3S. The third-order valence-corrected chi connectivity index (χ3v) is 5.25. The van der Waals surface area contributed by atoms with Crippen LogP contribution in [0.4, 0.5) is 0 Å². The SMILES string of the molecule is NC1CC(C(=O)C2CCS(=O)(=O)CC2)C1. The lowest BCUT2D eigenvalue weighted by molar-refractivity contribution is -0.130. The van der Waals surface area contributed by atoms with Crippen molar-refractivity contribution in [1.82, 2.24) is 0 Å². The Labute approximate surface area is 90.1 Å². The molecule has 2 N–H and O–H groups in total. The minimum absolute atomic E-state index is 0.0222. The van der Waals surface area contributed by atoms with Crippen LogP contribution in [0.2, 0.25) is 0 Å². The number of hydrogen-bond donors (Lipinski definition) is 1. The van der Waals surface area contributed by atoms with Crippen LogP contribution >= 0.6 is 0 Å². The molecule has 0 spiro atoms. The van der Waals surface area contributed by atoms with E-state index in [-0.39, 0.29) is 35.2 Å². The highest BCUT2D eigenvalue weighted by Crippen LogP contribution is 2.32. The summed E-state index contributed by atoms with van der Waals surface area (Å²) in [4.78, 5) is 11.9. The molecule has 0 radical (unpaired) electrons. The van der Waals surface area contributed by atoms with Crippen LogP contribution < -0.4 is 5.73 Å². The van der Waals surface area contributed by atoms with Crippen molar-refractivity contribution in [3.05, 3.63) is 0 Å². The molecule has 0 aromatic rings. The van der Waals surface area contributed by atoms with Crippen LogP contribution in [0, 0.1) is 11.8 Å². The second-order valence-corrected chi connectivity index (χ2v) is 7.06. The van der Waals surface area contributed by atoms with Gasteiger partial charge in [-0.3, -0.25) is 4.79 Å². The van der Waals surface area contributed by atoms with Crippen molar-refractivity contribution in [2.45, 2.75) is 31.7 Å². The zero-order valence-electron chi connectivity index (χ0n) is 8.69. The average molecular weight is 231 g/mol. The van der Waals surface area contributed by atoms with Crippen LogP contribution in [-0.2, 0) is 14.6 Å². The van der Waals surface area contributed by atoms with Gasteiger partial charge in [-0.15, -0.1) is 0 Å². The Morgan fingerprint density at radius 1 is 1.07 bits per heavy atom. The van der Waals surface area contributed by atoms with Gasteiger partial charge in [0.2, 0.25) is 0 Å². The number of hydrogen-bond acceptors (Lipinski definition) is 4. The molecule has 1 saturated carbocycles. The highest BCUT2D eigenvalue weighted by atomic mass is 32.2. The fourth-order valence-electron chi connectivity index (χ4n) is 2.40. The molecule has 5 heteroatoms. The summed E-state index contributed by atoms with van der Waals surface area (Å²) < 4.78 is 22.4. The molecule has 1 heterocycles. The molecule has 2 rings (SSSR count). The lowest BCUT2D eigenvalue weighted by Gasteiger charge is -2.34. The summed E-state index contributed by atoms with van der Waals surface area (Å²) in [5.41, 5.74) is 5.63. The van der Waals surface area contributed by atoms with Crippen LogP contribution in [0.15, 0.2) is 0 Å². The van der Waals surface area contributed by atoms with Crippen LogP contribution in [0.25, 0.3) is 0 Å². The Balaban J connectivity index is 1.88. The van der Waals surface area contributed by atoms with Gasteiger partial charge in [-0.1, -0.05) is 0 Å².